The summed E-state index contributed by atoms with van der Waals surface area (Å²) >= 11 is 0. The molecular weight excluding hydrogens is 232 g/mol. The molecule has 0 heterocycles. The lowest BCUT2D eigenvalue weighted by Crippen LogP contribution is -2.43. The lowest BCUT2D eigenvalue weighted by atomic mass is 10.0. The van der Waals surface area contributed by atoms with E-state index in [0.29, 0.717) is 5.92 Å². The Hall–Kier alpha value is -1.10. The van der Waals surface area contributed by atoms with Crippen molar-refractivity contribution in [1.29, 1.82) is 0 Å². The van der Waals surface area contributed by atoms with Gasteiger partial charge in [-0.05, 0) is 26.2 Å². The minimum Gasteiger partial charge on any atom is -0.480 e. The fraction of sp³-hybridized carbons (Fsp3) is 0.846. The number of carboxylic acid groups (broad SMARTS) is 1. The van der Waals surface area contributed by atoms with Gasteiger partial charge in [-0.25, -0.2) is 0 Å². The minimum absolute atomic E-state index is 0.0436. The van der Waals surface area contributed by atoms with Crippen LogP contribution in [0.3, 0.4) is 0 Å². The molecule has 0 radical (unpaired) electrons. The van der Waals surface area contributed by atoms with Gasteiger partial charge in [-0.3, -0.25) is 14.9 Å². The molecular formula is C13H26N2O3. The second kappa shape index (κ2) is 8.91. The molecule has 5 heteroatoms. The average Bonchev–Trinajstić information content (AvgIpc) is 2.24. The topological polar surface area (TPSA) is 78.4 Å². The molecule has 106 valence electrons. The maximum absolute atomic E-state index is 11.5. The molecule has 0 rings (SSSR count). The van der Waals surface area contributed by atoms with E-state index < -0.39 is 12.0 Å². The molecule has 1 amide bonds. The summed E-state index contributed by atoms with van der Waals surface area (Å²) < 4.78 is 0. The second-order valence-electron chi connectivity index (χ2n) is 5.23. The summed E-state index contributed by atoms with van der Waals surface area (Å²) in [6.07, 6.45) is 3.21. The number of hydrogen-bond acceptors (Lipinski definition) is 3. The Morgan fingerprint density at radius 1 is 1.11 bits per heavy atom. The molecule has 0 fully saturated rings. The molecule has 3 N–H and O–H groups in total. The van der Waals surface area contributed by atoms with Crippen LogP contribution in [0.4, 0.5) is 0 Å². The summed E-state index contributed by atoms with van der Waals surface area (Å²) in [5.41, 5.74) is 0. The quantitative estimate of drug-likeness (QED) is 0.584. The Morgan fingerprint density at radius 2 is 1.72 bits per heavy atom. The van der Waals surface area contributed by atoms with Crippen LogP contribution in [-0.2, 0) is 9.59 Å². The molecule has 1 unspecified atom stereocenters. The van der Waals surface area contributed by atoms with E-state index >= 15 is 0 Å². The number of rotatable bonds is 9. The van der Waals surface area contributed by atoms with Crippen molar-refractivity contribution in [2.24, 2.45) is 5.92 Å². The van der Waals surface area contributed by atoms with Crippen LogP contribution in [0.5, 0.6) is 0 Å². The standard InChI is InChI=1S/C13H26N2O3/c1-9(2)6-5-7-10(3)15-12(16)8-14-11(4)13(17)18/h9-11,14H,5-8H2,1-4H3,(H,15,16)(H,17,18)/t10?,11-/m0/s1. The Morgan fingerprint density at radius 3 is 2.22 bits per heavy atom. The number of carbonyl (C=O) groups excluding carboxylic acids is 1. The number of carbonyl (C=O) groups is 2. The molecule has 0 saturated carbocycles. The third kappa shape index (κ3) is 8.98. The fourth-order valence-corrected chi connectivity index (χ4v) is 1.56. The van der Waals surface area contributed by atoms with E-state index in [1.807, 2.05) is 6.92 Å². The van der Waals surface area contributed by atoms with Gasteiger partial charge in [0.1, 0.15) is 6.04 Å². The van der Waals surface area contributed by atoms with Crippen LogP contribution >= 0.6 is 0 Å². The highest BCUT2D eigenvalue weighted by molar-refractivity contribution is 5.79. The van der Waals surface area contributed by atoms with Gasteiger partial charge in [0, 0.05) is 6.04 Å². The number of carboxylic acids is 1. The number of nitrogens with one attached hydrogen (secondary N) is 2. The Labute approximate surface area is 109 Å². The number of hydrogen-bond donors (Lipinski definition) is 3. The Kier molecular flexibility index (Phi) is 8.37. The summed E-state index contributed by atoms with van der Waals surface area (Å²) in [6.45, 7) is 7.89. The molecule has 0 bridgehead atoms. The van der Waals surface area contributed by atoms with Crippen LogP contribution in [0.2, 0.25) is 0 Å². The summed E-state index contributed by atoms with van der Waals surface area (Å²) in [7, 11) is 0. The molecule has 0 saturated heterocycles. The highest BCUT2D eigenvalue weighted by atomic mass is 16.4. The largest absolute Gasteiger partial charge is 0.480 e. The highest BCUT2D eigenvalue weighted by Gasteiger charge is 2.12. The zero-order valence-electron chi connectivity index (χ0n) is 11.8. The van der Waals surface area contributed by atoms with Gasteiger partial charge < -0.3 is 10.4 Å². The third-order valence-electron chi connectivity index (χ3n) is 2.77. The van der Waals surface area contributed by atoms with Crippen molar-refractivity contribution in [2.45, 2.75) is 59.0 Å². The first-order chi connectivity index (χ1) is 8.32. The fourth-order valence-electron chi connectivity index (χ4n) is 1.56. The van der Waals surface area contributed by atoms with E-state index in [-0.39, 0.29) is 18.5 Å². The molecule has 18 heavy (non-hydrogen) atoms. The van der Waals surface area contributed by atoms with Gasteiger partial charge in [-0.1, -0.05) is 26.7 Å². The lowest BCUT2D eigenvalue weighted by Gasteiger charge is -2.15. The van der Waals surface area contributed by atoms with E-state index in [2.05, 4.69) is 24.5 Å². The van der Waals surface area contributed by atoms with Crippen LogP contribution in [0.15, 0.2) is 0 Å². The van der Waals surface area contributed by atoms with Crippen molar-refractivity contribution in [1.82, 2.24) is 10.6 Å². The van der Waals surface area contributed by atoms with Gasteiger partial charge in [0.05, 0.1) is 6.54 Å². The molecule has 0 aromatic carbocycles. The molecule has 0 aliphatic rings. The third-order valence-corrected chi connectivity index (χ3v) is 2.77. The van der Waals surface area contributed by atoms with Crippen LogP contribution in [0, 0.1) is 5.92 Å². The molecule has 0 aromatic rings. The number of amides is 1. The molecule has 5 nitrogen and oxygen atoms in total. The summed E-state index contributed by atoms with van der Waals surface area (Å²) in [5.74, 6) is -0.418. The predicted molar refractivity (Wildman–Crippen MR) is 71.4 cm³/mol. The smallest absolute Gasteiger partial charge is 0.320 e. The van der Waals surface area contributed by atoms with Crippen LogP contribution < -0.4 is 10.6 Å². The van der Waals surface area contributed by atoms with Crippen LogP contribution in [0.1, 0.15) is 47.0 Å². The minimum atomic E-state index is -0.951. The first-order valence-corrected chi connectivity index (χ1v) is 6.58. The zero-order chi connectivity index (χ0) is 14.1. The van der Waals surface area contributed by atoms with Crippen molar-refractivity contribution in [3.63, 3.8) is 0 Å². The number of aliphatic carboxylic acids is 1. The summed E-state index contributed by atoms with van der Waals surface area (Å²) in [6, 6.07) is -0.565. The molecule has 0 aromatic heterocycles. The SMILES string of the molecule is CC(C)CCCC(C)NC(=O)CN[C@@H](C)C(=O)O. The van der Waals surface area contributed by atoms with E-state index in [0.717, 1.165) is 19.3 Å². The predicted octanol–water partition coefficient (Wildman–Crippen LogP) is 1.38. The van der Waals surface area contributed by atoms with Gasteiger partial charge >= 0.3 is 5.97 Å². The van der Waals surface area contributed by atoms with Crippen molar-refractivity contribution in [3.05, 3.63) is 0 Å². The second-order valence-corrected chi connectivity index (χ2v) is 5.23. The maximum atomic E-state index is 11.5. The first-order valence-electron chi connectivity index (χ1n) is 6.58. The van der Waals surface area contributed by atoms with Gasteiger partial charge in [0.2, 0.25) is 5.91 Å². The first kappa shape index (κ1) is 16.9. The lowest BCUT2D eigenvalue weighted by molar-refractivity contribution is -0.139. The average molecular weight is 258 g/mol. The van der Waals surface area contributed by atoms with Crippen molar-refractivity contribution >= 4 is 11.9 Å². The van der Waals surface area contributed by atoms with E-state index in [1.165, 1.54) is 6.92 Å². The van der Waals surface area contributed by atoms with E-state index in [1.54, 1.807) is 0 Å². The van der Waals surface area contributed by atoms with E-state index in [4.69, 9.17) is 5.11 Å². The van der Waals surface area contributed by atoms with Crippen molar-refractivity contribution < 1.29 is 14.7 Å². The van der Waals surface area contributed by atoms with Gasteiger partial charge in [0.25, 0.3) is 0 Å². The monoisotopic (exact) mass is 258 g/mol. The van der Waals surface area contributed by atoms with Crippen LogP contribution in [-0.4, -0.2) is 35.6 Å². The van der Waals surface area contributed by atoms with Crippen molar-refractivity contribution in [3.8, 4) is 0 Å². The van der Waals surface area contributed by atoms with E-state index in [9.17, 15) is 9.59 Å². The van der Waals surface area contributed by atoms with Gasteiger partial charge in [0.15, 0.2) is 0 Å². The normalized spacial score (nSPS) is 14.3. The van der Waals surface area contributed by atoms with Gasteiger partial charge in [-0.15, -0.1) is 0 Å². The molecule has 0 aliphatic heterocycles. The maximum Gasteiger partial charge on any atom is 0.320 e. The Balaban J connectivity index is 3.70. The highest BCUT2D eigenvalue weighted by Crippen LogP contribution is 2.07. The zero-order valence-corrected chi connectivity index (χ0v) is 11.8. The Bertz CT molecular complexity index is 267. The van der Waals surface area contributed by atoms with Gasteiger partial charge in [-0.2, -0.15) is 0 Å². The van der Waals surface area contributed by atoms with Crippen molar-refractivity contribution in [2.75, 3.05) is 6.54 Å². The summed E-state index contributed by atoms with van der Waals surface area (Å²) in [5, 5.41) is 14.2. The molecule has 0 aliphatic carbocycles. The molecule has 0 spiro atoms. The molecule has 2 atom stereocenters. The van der Waals surface area contributed by atoms with Crippen LogP contribution in [0.25, 0.3) is 0 Å². The summed E-state index contributed by atoms with van der Waals surface area (Å²) in [4.78, 5) is 22.1.